The number of benzene rings is 2. The summed E-state index contributed by atoms with van der Waals surface area (Å²) in [5.74, 6) is 0. The molecule has 0 aliphatic carbocycles. The third kappa shape index (κ3) is 3.18. The minimum Gasteiger partial charge on any atom is -0.461 e. The number of hydrogen-bond acceptors (Lipinski definition) is 1. The Bertz CT molecular complexity index is 547. The SMILES string of the molecule is CC(=C(c1ccccc1)c1ccccc1)[Si](C)(C)O[SiH3]. The molecule has 2 aromatic carbocycles. The van der Waals surface area contributed by atoms with Crippen LogP contribution in [0.25, 0.3) is 5.57 Å². The van der Waals surface area contributed by atoms with E-state index in [1.807, 2.05) is 0 Å². The highest BCUT2D eigenvalue weighted by molar-refractivity contribution is 6.81. The summed E-state index contributed by atoms with van der Waals surface area (Å²) in [5.41, 5.74) is 3.88. The fourth-order valence-corrected chi connectivity index (χ4v) is 4.38. The topological polar surface area (TPSA) is 9.23 Å². The van der Waals surface area contributed by atoms with Crippen LogP contribution >= 0.6 is 0 Å². The Morgan fingerprint density at radius 1 is 0.850 bits per heavy atom. The molecule has 1 nitrogen and oxygen atoms in total. The summed E-state index contributed by atoms with van der Waals surface area (Å²) in [6.07, 6.45) is 0. The fraction of sp³-hybridized carbons (Fsp3) is 0.176. The van der Waals surface area contributed by atoms with Gasteiger partial charge < -0.3 is 4.12 Å². The van der Waals surface area contributed by atoms with Gasteiger partial charge >= 0.3 is 0 Å². The van der Waals surface area contributed by atoms with E-state index in [4.69, 9.17) is 4.12 Å². The molecule has 0 bridgehead atoms. The Morgan fingerprint density at radius 2 is 1.25 bits per heavy atom. The van der Waals surface area contributed by atoms with Gasteiger partial charge in [-0.3, -0.25) is 0 Å². The molecule has 0 atom stereocenters. The molecule has 0 aliphatic heterocycles. The van der Waals surface area contributed by atoms with Crippen LogP contribution in [-0.4, -0.2) is 18.8 Å². The Hall–Kier alpha value is -1.43. The summed E-state index contributed by atoms with van der Waals surface area (Å²) in [6.45, 7) is 6.79. The Labute approximate surface area is 126 Å². The first-order valence-electron chi connectivity index (χ1n) is 6.93. The second kappa shape index (κ2) is 6.35. The van der Waals surface area contributed by atoms with Gasteiger partial charge in [0.2, 0.25) is 8.32 Å². The average Bonchev–Trinajstić information content (AvgIpc) is 2.49. The number of rotatable bonds is 4. The van der Waals surface area contributed by atoms with Gasteiger partial charge in [0, 0.05) is 0 Å². The van der Waals surface area contributed by atoms with Crippen molar-refractivity contribution in [2.75, 3.05) is 0 Å². The molecule has 0 spiro atoms. The van der Waals surface area contributed by atoms with E-state index in [0.29, 0.717) is 0 Å². The molecule has 0 N–H and O–H groups in total. The highest BCUT2D eigenvalue weighted by atomic mass is 28.4. The second-order valence-corrected chi connectivity index (χ2v) is 10.9. The molecule has 0 radical (unpaired) electrons. The van der Waals surface area contributed by atoms with Gasteiger partial charge in [0.1, 0.15) is 10.5 Å². The van der Waals surface area contributed by atoms with Gasteiger partial charge in [-0.15, -0.1) is 0 Å². The third-order valence-corrected chi connectivity index (χ3v) is 10.1. The lowest BCUT2D eigenvalue weighted by Gasteiger charge is -2.26. The standard InChI is InChI=1S/C17H22OSi2/c1-14(20(2,3)18-19)17(15-10-6-4-7-11-15)16-12-8-5-9-13-16/h4-13H,1-3,19H3. The molecule has 0 saturated carbocycles. The van der Waals surface area contributed by atoms with E-state index in [2.05, 4.69) is 80.7 Å². The summed E-state index contributed by atoms with van der Waals surface area (Å²) < 4.78 is 5.94. The average molecular weight is 299 g/mol. The maximum absolute atomic E-state index is 5.94. The predicted octanol–water partition coefficient (Wildman–Crippen LogP) is 3.55. The van der Waals surface area contributed by atoms with E-state index in [1.54, 1.807) is 0 Å². The van der Waals surface area contributed by atoms with Gasteiger partial charge in [-0.25, -0.2) is 0 Å². The molecular formula is C17H22OSi2. The van der Waals surface area contributed by atoms with Crippen LogP contribution in [0.4, 0.5) is 0 Å². The molecule has 0 aliphatic rings. The van der Waals surface area contributed by atoms with Crippen molar-refractivity contribution >= 4 is 24.4 Å². The lowest BCUT2D eigenvalue weighted by molar-refractivity contribution is 0.621. The first-order valence-corrected chi connectivity index (χ1v) is 10.7. The Morgan fingerprint density at radius 3 is 1.60 bits per heavy atom. The zero-order valence-electron chi connectivity index (χ0n) is 12.7. The smallest absolute Gasteiger partial charge is 0.201 e. The van der Waals surface area contributed by atoms with Crippen molar-refractivity contribution in [3.8, 4) is 0 Å². The van der Waals surface area contributed by atoms with Crippen LogP contribution in [0, 0.1) is 0 Å². The van der Waals surface area contributed by atoms with Crippen LogP contribution in [0.3, 0.4) is 0 Å². The minimum absolute atomic E-state index is 0.793. The third-order valence-electron chi connectivity index (χ3n) is 3.91. The molecule has 20 heavy (non-hydrogen) atoms. The van der Waals surface area contributed by atoms with Crippen molar-refractivity contribution in [1.82, 2.24) is 0 Å². The van der Waals surface area contributed by atoms with Crippen LogP contribution in [0.2, 0.25) is 13.1 Å². The van der Waals surface area contributed by atoms with Crippen LogP contribution in [0.15, 0.2) is 65.9 Å². The second-order valence-electron chi connectivity index (χ2n) is 5.45. The van der Waals surface area contributed by atoms with E-state index in [1.165, 1.54) is 21.9 Å². The molecule has 104 valence electrons. The van der Waals surface area contributed by atoms with Gasteiger partial charge in [0.15, 0.2) is 0 Å². The summed E-state index contributed by atoms with van der Waals surface area (Å²) in [6, 6.07) is 21.3. The first-order chi connectivity index (χ1) is 9.56. The van der Waals surface area contributed by atoms with E-state index in [9.17, 15) is 0 Å². The molecule has 0 aromatic heterocycles. The van der Waals surface area contributed by atoms with Gasteiger partial charge in [0.05, 0.1) is 0 Å². The molecule has 0 saturated heterocycles. The van der Waals surface area contributed by atoms with Crippen molar-refractivity contribution in [2.45, 2.75) is 20.0 Å². The minimum atomic E-state index is -1.77. The molecular weight excluding hydrogens is 276 g/mol. The van der Waals surface area contributed by atoms with Crippen LogP contribution in [0.5, 0.6) is 0 Å². The summed E-state index contributed by atoms with van der Waals surface area (Å²) >= 11 is 0. The van der Waals surface area contributed by atoms with E-state index >= 15 is 0 Å². The number of allylic oxidation sites excluding steroid dienone is 1. The van der Waals surface area contributed by atoms with Crippen molar-refractivity contribution < 1.29 is 4.12 Å². The molecule has 0 heterocycles. The Balaban J connectivity index is 2.66. The van der Waals surface area contributed by atoms with Crippen molar-refractivity contribution in [1.29, 1.82) is 0 Å². The largest absolute Gasteiger partial charge is 0.461 e. The van der Waals surface area contributed by atoms with Crippen LogP contribution < -0.4 is 0 Å². The summed E-state index contributed by atoms with van der Waals surface area (Å²) in [5, 5.41) is 1.41. The summed E-state index contributed by atoms with van der Waals surface area (Å²) in [7, 11) is -0.975. The molecule has 0 fully saturated rings. The molecule has 2 aromatic rings. The quantitative estimate of drug-likeness (QED) is 0.784. The molecule has 2 rings (SSSR count). The van der Waals surface area contributed by atoms with E-state index in [0.717, 1.165) is 10.5 Å². The predicted molar refractivity (Wildman–Crippen MR) is 93.1 cm³/mol. The van der Waals surface area contributed by atoms with Crippen LogP contribution in [-0.2, 0) is 4.12 Å². The van der Waals surface area contributed by atoms with Gasteiger partial charge in [0.25, 0.3) is 0 Å². The van der Waals surface area contributed by atoms with Crippen molar-refractivity contribution in [3.63, 3.8) is 0 Å². The zero-order chi connectivity index (χ0) is 14.6. The van der Waals surface area contributed by atoms with Crippen molar-refractivity contribution in [3.05, 3.63) is 77.0 Å². The van der Waals surface area contributed by atoms with E-state index in [-0.39, 0.29) is 0 Å². The zero-order valence-corrected chi connectivity index (χ0v) is 15.7. The molecule has 0 unspecified atom stereocenters. The normalized spacial score (nSPS) is 11.3. The maximum atomic E-state index is 5.94. The Kier molecular flexibility index (Phi) is 4.75. The lowest BCUT2D eigenvalue weighted by atomic mass is 9.98. The van der Waals surface area contributed by atoms with Crippen molar-refractivity contribution in [2.24, 2.45) is 0 Å². The molecule has 3 heteroatoms. The van der Waals surface area contributed by atoms with Gasteiger partial charge in [-0.1, -0.05) is 65.9 Å². The monoisotopic (exact) mass is 298 g/mol. The highest BCUT2D eigenvalue weighted by Gasteiger charge is 2.26. The fourth-order valence-electron chi connectivity index (χ4n) is 2.26. The van der Waals surface area contributed by atoms with E-state index < -0.39 is 8.32 Å². The van der Waals surface area contributed by atoms with Gasteiger partial charge in [-0.2, -0.15) is 0 Å². The van der Waals surface area contributed by atoms with Gasteiger partial charge in [-0.05, 0) is 36.7 Å². The maximum Gasteiger partial charge on any atom is 0.201 e. The number of hydrogen-bond donors (Lipinski definition) is 0. The van der Waals surface area contributed by atoms with Crippen LogP contribution in [0.1, 0.15) is 18.1 Å². The summed E-state index contributed by atoms with van der Waals surface area (Å²) in [4.78, 5) is 0. The lowest BCUT2D eigenvalue weighted by Crippen LogP contribution is -2.32. The molecule has 0 amide bonds. The first kappa shape index (κ1) is 15.0. The highest BCUT2D eigenvalue weighted by Crippen LogP contribution is 2.31.